The molecule has 1 aliphatic rings. The van der Waals surface area contributed by atoms with Gasteiger partial charge >= 0.3 is 0 Å². The number of fused-ring (bicyclic) bond motifs is 1. The number of aryl methyl sites for hydroxylation is 1. The molecule has 0 unspecified atom stereocenters. The Morgan fingerprint density at radius 1 is 1.16 bits per heavy atom. The lowest BCUT2D eigenvalue weighted by molar-refractivity contribution is 0.0943. The third-order valence-corrected chi connectivity index (χ3v) is 7.12. The topological polar surface area (TPSA) is 70.6 Å². The van der Waals surface area contributed by atoms with Gasteiger partial charge in [0.1, 0.15) is 22.7 Å². The zero-order chi connectivity index (χ0) is 22.0. The lowest BCUT2D eigenvalue weighted by atomic mass is 10.1. The van der Waals surface area contributed by atoms with E-state index in [1.54, 1.807) is 13.4 Å². The summed E-state index contributed by atoms with van der Waals surface area (Å²) in [6, 6.07) is 8.34. The highest BCUT2D eigenvalue weighted by atomic mass is 32.1. The van der Waals surface area contributed by atoms with Gasteiger partial charge in [-0.15, -0.1) is 11.3 Å². The zero-order valence-electron chi connectivity index (χ0n) is 18.5. The van der Waals surface area contributed by atoms with E-state index in [4.69, 9.17) is 4.74 Å². The third-order valence-electron chi connectivity index (χ3n) is 5.92. The van der Waals surface area contributed by atoms with Gasteiger partial charge in [0, 0.05) is 37.9 Å². The van der Waals surface area contributed by atoms with Crippen LogP contribution in [0, 0.1) is 6.92 Å². The highest BCUT2D eigenvalue weighted by Crippen LogP contribution is 2.35. The maximum absolute atomic E-state index is 12.8. The number of carbonyl (C=O) groups excluding carboxylic acids is 1. The summed E-state index contributed by atoms with van der Waals surface area (Å²) in [4.78, 5) is 28.1. The predicted molar refractivity (Wildman–Crippen MR) is 127 cm³/mol. The van der Waals surface area contributed by atoms with Gasteiger partial charge in [-0.25, -0.2) is 9.97 Å². The first-order chi connectivity index (χ1) is 15.0. The Balaban J connectivity index is 1.54. The SMILES string of the molecule is CC[C@@H](C)NC(=O)c1sc2ncnc(N3CCN(c4ccc(OC)cc4)CC3)c2c1C. The van der Waals surface area contributed by atoms with Crippen LogP contribution in [0.25, 0.3) is 10.2 Å². The fraction of sp³-hybridized carbons (Fsp3) is 0.435. The largest absolute Gasteiger partial charge is 0.497 e. The van der Waals surface area contributed by atoms with Crippen LogP contribution in [0.3, 0.4) is 0 Å². The Hall–Kier alpha value is -2.87. The van der Waals surface area contributed by atoms with Crippen LogP contribution >= 0.6 is 11.3 Å². The maximum atomic E-state index is 12.8. The molecule has 1 aromatic carbocycles. The van der Waals surface area contributed by atoms with E-state index in [0.717, 1.165) is 64.8 Å². The second kappa shape index (κ2) is 9.09. The number of piperazine rings is 1. The molecular formula is C23H29N5O2S. The van der Waals surface area contributed by atoms with Gasteiger partial charge in [0.05, 0.1) is 17.4 Å². The fourth-order valence-electron chi connectivity index (χ4n) is 3.87. The molecule has 3 aromatic rings. The summed E-state index contributed by atoms with van der Waals surface area (Å²) in [6.07, 6.45) is 2.51. The second-order valence-corrected chi connectivity index (χ2v) is 8.89. The molecule has 3 heterocycles. The van der Waals surface area contributed by atoms with E-state index >= 15 is 0 Å². The first kappa shape index (κ1) is 21.4. The van der Waals surface area contributed by atoms with Crippen LogP contribution < -0.4 is 19.9 Å². The van der Waals surface area contributed by atoms with Gasteiger partial charge in [0.25, 0.3) is 5.91 Å². The summed E-state index contributed by atoms with van der Waals surface area (Å²) in [7, 11) is 1.68. The molecule has 7 nitrogen and oxygen atoms in total. The number of carbonyl (C=O) groups is 1. The molecule has 0 bridgehead atoms. The standard InChI is InChI=1S/C23H29N5O2S/c1-5-15(2)26-22(29)20-16(3)19-21(24-14-25-23(19)31-20)28-12-10-27(11-13-28)17-6-8-18(30-4)9-7-17/h6-9,14-15H,5,10-13H2,1-4H3,(H,26,29)/t15-/m1/s1. The molecule has 0 aliphatic carbocycles. The summed E-state index contributed by atoms with van der Waals surface area (Å²) in [5.41, 5.74) is 2.16. The molecule has 1 amide bonds. The normalized spacial score (nSPS) is 15.2. The molecule has 164 valence electrons. The van der Waals surface area contributed by atoms with Crippen molar-refractivity contribution in [3.05, 3.63) is 41.0 Å². The third kappa shape index (κ3) is 4.30. The summed E-state index contributed by atoms with van der Waals surface area (Å²) in [5, 5.41) is 4.07. The monoisotopic (exact) mass is 439 g/mol. The molecule has 1 saturated heterocycles. The quantitative estimate of drug-likeness (QED) is 0.629. The van der Waals surface area contributed by atoms with Crippen LogP contribution in [0.1, 0.15) is 35.5 Å². The molecule has 1 fully saturated rings. The average molecular weight is 440 g/mol. The van der Waals surface area contributed by atoms with Crippen LogP contribution in [0.15, 0.2) is 30.6 Å². The van der Waals surface area contributed by atoms with E-state index in [1.165, 1.54) is 17.0 Å². The Morgan fingerprint density at radius 2 is 1.84 bits per heavy atom. The highest BCUT2D eigenvalue weighted by molar-refractivity contribution is 7.20. The minimum absolute atomic E-state index is 0.0230. The van der Waals surface area contributed by atoms with Crippen molar-refractivity contribution in [3.8, 4) is 5.75 Å². The molecule has 0 spiro atoms. The zero-order valence-corrected chi connectivity index (χ0v) is 19.3. The van der Waals surface area contributed by atoms with E-state index in [2.05, 4.69) is 44.1 Å². The van der Waals surface area contributed by atoms with Crippen molar-refractivity contribution in [1.82, 2.24) is 15.3 Å². The van der Waals surface area contributed by atoms with Crippen LogP contribution in [0.2, 0.25) is 0 Å². The Morgan fingerprint density at radius 3 is 2.48 bits per heavy atom. The Kier molecular flexibility index (Phi) is 6.27. The molecule has 1 aliphatic heterocycles. The van der Waals surface area contributed by atoms with Crippen molar-refractivity contribution in [1.29, 1.82) is 0 Å². The van der Waals surface area contributed by atoms with Crippen molar-refractivity contribution >= 4 is 39.0 Å². The second-order valence-electron chi connectivity index (χ2n) is 7.89. The number of benzene rings is 1. The molecule has 0 radical (unpaired) electrons. The van der Waals surface area contributed by atoms with E-state index in [1.807, 2.05) is 26.0 Å². The number of hydrogen-bond acceptors (Lipinski definition) is 7. The number of methoxy groups -OCH3 is 1. The van der Waals surface area contributed by atoms with E-state index in [9.17, 15) is 4.79 Å². The molecule has 2 aromatic heterocycles. The minimum atomic E-state index is -0.0230. The molecular weight excluding hydrogens is 410 g/mol. The van der Waals surface area contributed by atoms with E-state index in [0.29, 0.717) is 0 Å². The number of nitrogens with one attached hydrogen (secondary N) is 1. The molecule has 4 rings (SSSR count). The smallest absolute Gasteiger partial charge is 0.261 e. The number of aromatic nitrogens is 2. The lowest BCUT2D eigenvalue weighted by Crippen LogP contribution is -2.46. The summed E-state index contributed by atoms with van der Waals surface area (Å²) >= 11 is 1.45. The number of anilines is 2. The van der Waals surface area contributed by atoms with Gasteiger partial charge in [-0.3, -0.25) is 4.79 Å². The van der Waals surface area contributed by atoms with E-state index in [-0.39, 0.29) is 11.9 Å². The van der Waals surface area contributed by atoms with Crippen LogP contribution in [0.5, 0.6) is 5.75 Å². The maximum Gasteiger partial charge on any atom is 0.261 e. The number of hydrogen-bond donors (Lipinski definition) is 1. The fourth-order valence-corrected chi connectivity index (χ4v) is 4.92. The van der Waals surface area contributed by atoms with Gasteiger partial charge in [0.15, 0.2) is 0 Å². The van der Waals surface area contributed by atoms with Crippen LogP contribution in [-0.2, 0) is 0 Å². The minimum Gasteiger partial charge on any atom is -0.497 e. The van der Waals surface area contributed by atoms with Crippen molar-refractivity contribution in [2.24, 2.45) is 0 Å². The number of amides is 1. The molecule has 31 heavy (non-hydrogen) atoms. The Bertz CT molecular complexity index is 1060. The number of rotatable bonds is 6. The van der Waals surface area contributed by atoms with Gasteiger partial charge in [-0.1, -0.05) is 6.92 Å². The van der Waals surface area contributed by atoms with E-state index < -0.39 is 0 Å². The highest BCUT2D eigenvalue weighted by Gasteiger charge is 2.25. The van der Waals surface area contributed by atoms with Crippen molar-refractivity contribution in [2.45, 2.75) is 33.2 Å². The molecule has 8 heteroatoms. The number of ether oxygens (including phenoxy) is 1. The first-order valence-corrected chi connectivity index (χ1v) is 11.5. The van der Waals surface area contributed by atoms with Gasteiger partial charge < -0.3 is 19.9 Å². The van der Waals surface area contributed by atoms with Crippen molar-refractivity contribution in [2.75, 3.05) is 43.1 Å². The van der Waals surface area contributed by atoms with Crippen LogP contribution in [0.4, 0.5) is 11.5 Å². The first-order valence-electron chi connectivity index (χ1n) is 10.7. The lowest BCUT2D eigenvalue weighted by Gasteiger charge is -2.37. The number of nitrogens with zero attached hydrogens (tertiary/aromatic N) is 4. The number of thiophene rings is 1. The van der Waals surface area contributed by atoms with Crippen LogP contribution in [-0.4, -0.2) is 55.2 Å². The van der Waals surface area contributed by atoms with Gasteiger partial charge in [0.2, 0.25) is 0 Å². The summed E-state index contributed by atoms with van der Waals surface area (Å²) in [5.74, 6) is 1.77. The summed E-state index contributed by atoms with van der Waals surface area (Å²) < 4.78 is 5.26. The summed E-state index contributed by atoms with van der Waals surface area (Å²) in [6.45, 7) is 9.63. The van der Waals surface area contributed by atoms with Gasteiger partial charge in [-0.2, -0.15) is 0 Å². The molecule has 0 saturated carbocycles. The molecule has 1 N–H and O–H groups in total. The Labute approximate surface area is 187 Å². The van der Waals surface area contributed by atoms with Crippen molar-refractivity contribution < 1.29 is 9.53 Å². The van der Waals surface area contributed by atoms with Gasteiger partial charge in [-0.05, 0) is 50.1 Å². The van der Waals surface area contributed by atoms with Crippen molar-refractivity contribution in [3.63, 3.8) is 0 Å². The average Bonchev–Trinajstić information content (AvgIpc) is 3.16. The molecule has 1 atom stereocenters. The predicted octanol–water partition coefficient (Wildman–Crippen LogP) is 3.86.